The number of hydrogen-bond acceptors (Lipinski definition) is 4. The van der Waals surface area contributed by atoms with Crippen molar-refractivity contribution in [2.24, 2.45) is 0 Å². The first-order valence-corrected chi connectivity index (χ1v) is 8.83. The van der Waals surface area contributed by atoms with Crippen LogP contribution in [0.5, 0.6) is 0 Å². The van der Waals surface area contributed by atoms with Crippen LogP contribution in [0.25, 0.3) is 0 Å². The van der Waals surface area contributed by atoms with Gasteiger partial charge in [-0.1, -0.05) is 42.5 Å². The fourth-order valence-electron chi connectivity index (χ4n) is 2.08. The van der Waals surface area contributed by atoms with E-state index in [4.69, 9.17) is 0 Å². The summed E-state index contributed by atoms with van der Waals surface area (Å²) in [6.45, 7) is 1.87. The van der Waals surface area contributed by atoms with Gasteiger partial charge < -0.3 is 5.32 Å². The van der Waals surface area contributed by atoms with Crippen LogP contribution in [0.1, 0.15) is 15.9 Å². The van der Waals surface area contributed by atoms with Crippen LogP contribution in [0.15, 0.2) is 54.6 Å². The Morgan fingerprint density at radius 1 is 0.957 bits per heavy atom. The number of anilines is 1. The Hall–Kier alpha value is -2.47. The van der Waals surface area contributed by atoms with Crippen molar-refractivity contribution >= 4 is 27.2 Å². The van der Waals surface area contributed by atoms with Crippen molar-refractivity contribution in [2.75, 3.05) is 16.8 Å². The quantitative estimate of drug-likeness (QED) is 0.823. The summed E-state index contributed by atoms with van der Waals surface area (Å²) in [4.78, 5) is 23.8. The highest BCUT2D eigenvalue weighted by atomic mass is 32.2. The van der Waals surface area contributed by atoms with Gasteiger partial charge in [-0.2, -0.15) is 0 Å². The Kier molecular flexibility index (Phi) is 5.28. The summed E-state index contributed by atoms with van der Waals surface area (Å²) in [5.41, 5.74) is 1.79. The smallest absolute Gasteiger partial charge is 0.239 e. The van der Waals surface area contributed by atoms with Crippen LogP contribution in [0, 0.1) is 6.92 Å². The maximum Gasteiger partial charge on any atom is 0.239 e. The Balaban J connectivity index is 1.98. The number of benzene rings is 2. The zero-order valence-electron chi connectivity index (χ0n) is 12.7. The Morgan fingerprint density at radius 3 is 2.30 bits per heavy atom. The molecule has 0 aliphatic carbocycles. The molecular weight excluding hydrogens is 314 g/mol. The topological polar surface area (TPSA) is 80.3 Å². The summed E-state index contributed by atoms with van der Waals surface area (Å²) in [5, 5.41) is 2.52. The molecule has 0 saturated carbocycles. The van der Waals surface area contributed by atoms with Crippen LogP contribution in [0.4, 0.5) is 5.69 Å². The van der Waals surface area contributed by atoms with Gasteiger partial charge in [0.15, 0.2) is 15.6 Å². The number of nitrogens with one attached hydrogen (secondary N) is 1. The molecule has 0 radical (unpaired) electrons. The van der Waals surface area contributed by atoms with E-state index < -0.39 is 33.0 Å². The molecule has 0 aliphatic heterocycles. The molecule has 0 unspecified atom stereocenters. The standard InChI is InChI=1S/C17H17NO4S/c1-13-6-5-9-15(10-13)18-17(20)12-23(21,22)11-16(19)14-7-3-2-4-8-14/h2-10H,11-12H2,1H3,(H,18,20). The molecule has 23 heavy (non-hydrogen) atoms. The second kappa shape index (κ2) is 7.19. The van der Waals surface area contributed by atoms with Gasteiger partial charge in [-0.3, -0.25) is 9.59 Å². The highest BCUT2D eigenvalue weighted by Crippen LogP contribution is 2.10. The summed E-state index contributed by atoms with van der Waals surface area (Å²) in [7, 11) is -3.82. The summed E-state index contributed by atoms with van der Waals surface area (Å²) >= 11 is 0. The lowest BCUT2D eigenvalue weighted by atomic mass is 10.2. The van der Waals surface area contributed by atoms with E-state index in [1.807, 2.05) is 13.0 Å². The van der Waals surface area contributed by atoms with Gasteiger partial charge >= 0.3 is 0 Å². The molecule has 0 fully saturated rings. The lowest BCUT2D eigenvalue weighted by molar-refractivity contribution is -0.113. The molecule has 120 valence electrons. The van der Waals surface area contributed by atoms with Gasteiger partial charge in [0.05, 0.1) is 0 Å². The number of sulfone groups is 1. The van der Waals surface area contributed by atoms with Crippen molar-refractivity contribution in [3.63, 3.8) is 0 Å². The van der Waals surface area contributed by atoms with E-state index in [1.54, 1.807) is 48.5 Å². The minimum Gasteiger partial charge on any atom is -0.325 e. The van der Waals surface area contributed by atoms with Gasteiger partial charge in [0.1, 0.15) is 11.5 Å². The number of ketones is 1. The minimum absolute atomic E-state index is 0.315. The summed E-state index contributed by atoms with van der Waals surface area (Å²) in [6, 6.07) is 15.2. The van der Waals surface area contributed by atoms with E-state index in [0.29, 0.717) is 11.3 Å². The largest absolute Gasteiger partial charge is 0.325 e. The number of carbonyl (C=O) groups excluding carboxylic acids is 2. The van der Waals surface area contributed by atoms with Crippen molar-refractivity contribution < 1.29 is 18.0 Å². The third-order valence-corrected chi connectivity index (χ3v) is 4.50. The Labute approximate surface area is 135 Å². The van der Waals surface area contributed by atoms with E-state index in [9.17, 15) is 18.0 Å². The van der Waals surface area contributed by atoms with Gasteiger partial charge in [0.25, 0.3) is 0 Å². The first-order valence-electron chi connectivity index (χ1n) is 7.01. The van der Waals surface area contributed by atoms with E-state index in [-0.39, 0.29) is 0 Å². The number of hydrogen-bond donors (Lipinski definition) is 1. The van der Waals surface area contributed by atoms with E-state index in [2.05, 4.69) is 5.32 Å². The molecule has 2 aromatic carbocycles. The number of rotatable bonds is 6. The molecule has 2 aromatic rings. The number of carbonyl (C=O) groups is 2. The van der Waals surface area contributed by atoms with Crippen LogP contribution in [-0.2, 0) is 14.6 Å². The van der Waals surface area contributed by atoms with Crippen LogP contribution in [-0.4, -0.2) is 31.6 Å². The summed E-state index contributed by atoms with van der Waals surface area (Å²) in [6.07, 6.45) is 0. The van der Waals surface area contributed by atoms with Gasteiger partial charge in [0, 0.05) is 11.3 Å². The second-order valence-corrected chi connectivity index (χ2v) is 7.30. The highest BCUT2D eigenvalue weighted by molar-refractivity contribution is 7.92. The number of aryl methyl sites for hydroxylation is 1. The molecule has 0 bridgehead atoms. The number of amides is 1. The Morgan fingerprint density at radius 2 is 1.65 bits per heavy atom. The van der Waals surface area contributed by atoms with E-state index in [0.717, 1.165) is 5.56 Å². The zero-order valence-corrected chi connectivity index (χ0v) is 13.5. The molecule has 5 nitrogen and oxygen atoms in total. The zero-order chi connectivity index (χ0) is 16.9. The average Bonchev–Trinajstić information content (AvgIpc) is 2.46. The van der Waals surface area contributed by atoms with Gasteiger partial charge in [-0.25, -0.2) is 8.42 Å². The molecular formula is C17H17NO4S. The lowest BCUT2D eigenvalue weighted by Gasteiger charge is -2.07. The van der Waals surface area contributed by atoms with Crippen molar-refractivity contribution in [2.45, 2.75) is 6.92 Å². The van der Waals surface area contributed by atoms with Gasteiger partial charge in [0.2, 0.25) is 5.91 Å². The minimum atomic E-state index is -3.82. The monoisotopic (exact) mass is 331 g/mol. The maximum absolute atomic E-state index is 12.0. The second-order valence-electron chi connectivity index (χ2n) is 5.24. The molecule has 0 atom stereocenters. The normalized spacial score (nSPS) is 11.0. The molecule has 0 saturated heterocycles. The third-order valence-electron chi connectivity index (χ3n) is 3.10. The van der Waals surface area contributed by atoms with Gasteiger partial charge in [-0.05, 0) is 24.6 Å². The summed E-state index contributed by atoms with van der Waals surface area (Å²) < 4.78 is 24.0. The maximum atomic E-state index is 12.0. The lowest BCUT2D eigenvalue weighted by Crippen LogP contribution is -2.27. The van der Waals surface area contributed by atoms with Crippen molar-refractivity contribution in [3.05, 3.63) is 65.7 Å². The van der Waals surface area contributed by atoms with Gasteiger partial charge in [-0.15, -0.1) is 0 Å². The SMILES string of the molecule is Cc1cccc(NC(=O)CS(=O)(=O)CC(=O)c2ccccc2)c1. The fourth-order valence-corrected chi connectivity index (χ4v) is 3.22. The Bertz CT molecular complexity index is 813. The molecule has 2 rings (SSSR count). The van der Waals surface area contributed by atoms with E-state index >= 15 is 0 Å². The van der Waals surface area contributed by atoms with Crippen molar-refractivity contribution in [1.29, 1.82) is 0 Å². The highest BCUT2D eigenvalue weighted by Gasteiger charge is 2.21. The van der Waals surface area contributed by atoms with E-state index in [1.165, 1.54) is 0 Å². The van der Waals surface area contributed by atoms with Crippen LogP contribution in [0.3, 0.4) is 0 Å². The fraction of sp³-hybridized carbons (Fsp3) is 0.176. The first kappa shape index (κ1) is 16.9. The molecule has 1 amide bonds. The molecule has 0 aliphatic rings. The first-order chi connectivity index (χ1) is 10.9. The van der Waals surface area contributed by atoms with Crippen LogP contribution >= 0.6 is 0 Å². The van der Waals surface area contributed by atoms with Crippen molar-refractivity contribution in [3.8, 4) is 0 Å². The molecule has 6 heteroatoms. The predicted molar refractivity (Wildman–Crippen MR) is 89.2 cm³/mol. The summed E-state index contributed by atoms with van der Waals surface area (Å²) in [5.74, 6) is -2.58. The average molecular weight is 331 g/mol. The van der Waals surface area contributed by atoms with Crippen LogP contribution < -0.4 is 5.32 Å². The molecule has 0 spiro atoms. The van der Waals surface area contributed by atoms with Crippen LogP contribution in [0.2, 0.25) is 0 Å². The van der Waals surface area contributed by atoms with Crippen molar-refractivity contribution in [1.82, 2.24) is 0 Å². The number of Topliss-reactive ketones (excluding diaryl/α,β-unsaturated/α-hetero) is 1. The molecule has 0 aromatic heterocycles. The predicted octanol–water partition coefficient (Wildman–Crippen LogP) is 2.23. The molecule has 1 N–H and O–H groups in total. The molecule has 0 heterocycles. The third kappa shape index (κ3) is 5.34.